The highest BCUT2D eigenvalue weighted by Gasteiger charge is 2.20. The molecule has 0 bridgehead atoms. The number of thiol groups is 1. The average molecular weight is 185 g/mol. The van der Waals surface area contributed by atoms with Gasteiger partial charge in [-0.1, -0.05) is 12.5 Å². The minimum Gasteiger partial charge on any atom is -0.300 e. The van der Waals surface area contributed by atoms with E-state index in [-0.39, 0.29) is 5.12 Å². The van der Waals surface area contributed by atoms with E-state index in [1.807, 2.05) is 6.08 Å². The standard InChI is InChI=1S/C9H15NOS/c1-10(8-4-2-5-8)7-3-6-9(11)12/h3,6,8H,2,4-5,7H2,1H3,(H,11,12)/b6-3+. The minimum absolute atomic E-state index is 0.169. The molecule has 2 nitrogen and oxygen atoms in total. The van der Waals surface area contributed by atoms with E-state index in [4.69, 9.17) is 0 Å². The maximum absolute atomic E-state index is 10.4. The van der Waals surface area contributed by atoms with E-state index in [9.17, 15) is 4.79 Å². The smallest absolute Gasteiger partial charge is 0.208 e. The molecular formula is C9H15NOS. The first-order valence-electron chi connectivity index (χ1n) is 4.30. The molecule has 1 saturated carbocycles. The van der Waals surface area contributed by atoms with Gasteiger partial charge in [-0.2, -0.15) is 0 Å². The predicted molar refractivity (Wildman–Crippen MR) is 53.4 cm³/mol. The maximum Gasteiger partial charge on any atom is 0.208 e. The van der Waals surface area contributed by atoms with Crippen molar-refractivity contribution in [3.63, 3.8) is 0 Å². The number of carbonyl (C=O) groups is 1. The summed E-state index contributed by atoms with van der Waals surface area (Å²) in [5, 5.41) is -0.169. The van der Waals surface area contributed by atoms with Crippen LogP contribution in [0.5, 0.6) is 0 Å². The highest BCUT2D eigenvalue weighted by molar-refractivity contribution is 7.97. The summed E-state index contributed by atoms with van der Waals surface area (Å²) in [6, 6.07) is 0.740. The Bertz CT molecular complexity index is 187. The van der Waals surface area contributed by atoms with Crippen LogP contribution >= 0.6 is 12.6 Å². The van der Waals surface area contributed by atoms with Gasteiger partial charge in [0.05, 0.1) is 0 Å². The first-order chi connectivity index (χ1) is 5.70. The summed E-state index contributed by atoms with van der Waals surface area (Å²) in [6.45, 7) is 0.858. The highest BCUT2D eigenvalue weighted by atomic mass is 32.1. The lowest BCUT2D eigenvalue weighted by molar-refractivity contribution is -0.106. The third kappa shape index (κ3) is 2.99. The Morgan fingerprint density at radius 1 is 1.67 bits per heavy atom. The zero-order chi connectivity index (χ0) is 8.97. The van der Waals surface area contributed by atoms with E-state index in [2.05, 4.69) is 24.6 Å². The molecule has 0 unspecified atom stereocenters. The van der Waals surface area contributed by atoms with E-state index in [0.29, 0.717) is 0 Å². The fourth-order valence-electron chi connectivity index (χ4n) is 1.30. The van der Waals surface area contributed by atoms with Crippen molar-refractivity contribution >= 4 is 17.7 Å². The Hall–Kier alpha value is -0.280. The molecule has 0 saturated heterocycles. The van der Waals surface area contributed by atoms with Gasteiger partial charge in [0, 0.05) is 12.6 Å². The van der Waals surface area contributed by atoms with Crippen LogP contribution in [0.3, 0.4) is 0 Å². The molecule has 1 aliphatic carbocycles. The first kappa shape index (κ1) is 9.81. The number of rotatable bonds is 4. The van der Waals surface area contributed by atoms with Crippen molar-refractivity contribution in [2.75, 3.05) is 13.6 Å². The van der Waals surface area contributed by atoms with Crippen LogP contribution < -0.4 is 0 Å². The summed E-state index contributed by atoms with van der Waals surface area (Å²) in [6.07, 6.45) is 7.34. The monoisotopic (exact) mass is 185 g/mol. The van der Waals surface area contributed by atoms with Crippen molar-refractivity contribution in [2.45, 2.75) is 25.3 Å². The molecule has 0 aliphatic heterocycles. The Kier molecular flexibility index (Phi) is 3.82. The van der Waals surface area contributed by atoms with E-state index < -0.39 is 0 Å². The van der Waals surface area contributed by atoms with Gasteiger partial charge in [0.15, 0.2) is 0 Å². The second kappa shape index (κ2) is 4.67. The Morgan fingerprint density at radius 3 is 2.75 bits per heavy atom. The average Bonchev–Trinajstić information content (AvgIpc) is 1.81. The molecule has 68 valence electrons. The van der Waals surface area contributed by atoms with Crippen LogP contribution in [0.25, 0.3) is 0 Å². The zero-order valence-corrected chi connectivity index (χ0v) is 8.26. The first-order valence-corrected chi connectivity index (χ1v) is 4.74. The maximum atomic E-state index is 10.4. The van der Waals surface area contributed by atoms with Gasteiger partial charge in [-0.3, -0.25) is 9.69 Å². The summed E-state index contributed by atoms with van der Waals surface area (Å²) >= 11 is 3.64. The van der Waals surface area contributed by atoms with Gasteiger partial charge in [0.25, 0.3) is 0 Å². The lowest BCUT2D eigenvalue weighted by Gasteiger charge is -2.33. The van der Waals surface area contributed by atoms with Crippen molar-refractivity contribution in [3.05, 3.63) is 12.2 Å². The molecule has 0 amide bonds. The number of carbonyl (C=O) groups excluding carboxylic acids is 1. The van der Waals surface area contributed by atoms with Crippen LogP contribution in [-0.4, -0.2) is 29.6 Å². The summed E-state index contributed by atoms with van der Waals surface area (Å²) in [5.74, 6) is 0. The molecule has 0 atom stereocenters. The molecular weight excluding hydrogens is 170 g/mol. The number of likely N-dealkylation sites (N-methyl/N-ethyl adjacent to an activating group) is 1. The topological polar surface area (TPSA) is 20.3 Å². The van der Waals surface area contributed by atoms with Crippen LogP contribution in [0.2, 0.25) is 0 Å². The summed E-state index contributed by atoms with van der Waals surface area (Å²) in [5.41, 5.74) is 0. The molecule has 1 fully saturated rings. The van der Waals surface area contributed by atoms with Crippen molar-refractivity contribution in [1.82, 2.24) is 4.90 Å². The van der Waals surface area contributed by atoms with Crippen LogP contribution in [-0.2, 0) is 4.79 Å². The lowest BCUT2D eigenvalue weighted by Crippen LogP contribution is -2.37. The molecule has 12 heavy (non-hydrogen) atoms. The van der Waals surface area contributed by atoms with Crippen molar-refractivity contribution < 1.29 is 4.79 Å². The van der Waals surface area contributed by atoms with Gasteiger partial charge in [-0.15, -0.1) is 12.6 Å². The van der Waals surface area contributed by atoms with Crippen LogP contribution in [0.1, 0.15) is 19.3 Å². The molecule has 0 spiro atoms. The Balaban J connectivity index is 2.17. The van der Waals surface area contributed by atoms with Gasteiger partial charge in [0.1, 0.15) is 0 Å². The highest BCUT2D eigenvalue weighted by Crippen LogP contribution is 2.22. The molecule has 3 heteroatoms. The molecule has 0 radical (unpaired) electrons. The van der Waals surface area contributed by atoms with E-state index in [0.717, 1.165) is 12.6 Å². The van der Waals surface area contributed by atoms with Gasteiger partial charge in [0.2, 0.25) is 5.12 Å². The minimum atomic E-state index is -0.169. The molecule has 0 aromatic carbocycles. The molecule has 0 N–H and O–H groups in total. The largest absolute Gasteiger partial charge is 0.300 e. The van der Waals surface area contributed by atoms with Gasteiger partial charge < -0.3 is 0 Å². The van der Waals surface area contributed by atoms with Crippen LogP contribution in [0, 0.1) is 0 Å². The molecule has 0 aromatic heterocycles. The molecule has 0 heterocycles. The van der Waals surface area contributed by atoms with Crippen molar-refractivity contribution in [2.24, 2.45) is 0 Å². The SMILES string of the molecule is CN(C/C=C/C(=O)S)C1CCC1. The second-order valence-corrected chi connectivity index (χ2v) is 3.71. The fourth-order valence-corrected chi connectivity index (χ4v) is 1.40. The van der Waals surface area contributed by atoms with E-state index >= 15 is 0 Å². The van der Waals surface area contributed by atoms with Crippen LogP contribution in [0.15, 0.2) is 12.2 Å². The van der Waals surface area contributed by atoms with E-state index in [1.165, 1.54) is 25.3 Å². The third-order valence-corrected chi connectivity index (χ3v) is 2.50. The summed E-state index contributed by atoms with van der Waals surface area (Å²) in [4.78, 5) is 12.7. The normalized spacial score (nSPS) is 18.6. The van der Waals surface area contributed by atoms with Crippen molar-refractivity contribution in [3.8, 4) is 0 Å². The molecule has 0 aromatic rings. The molecule has 1 aliphatic rings. The number of hydrogen-bond acceptors (Lipinski definition) is 2. The summed E-state index contributed by atoms with van der Waals surface area (Å²) < 4.78 is 0. The van der Waals surface area contributed by atoms with Gasteiger partial charge in [-0.25, -0.2) is 0 Å². The van der Waals surface area contributed by atoms with Gasteiger partial charge in [-0.05, 0) is 26.0 Å². The number of hydrogen-bond donors (Lipinski definition) is 1. The van der Waals surface area contributed by atoms with E-state index in [1.54, 1.807) is 0 Å². The predicted octanol–water partition coefficient (Wildman–Crippen LogP) is 1.48. The van der Waals surface area contributed by atoms with Crippen LogP contribution in [0.4, 0.5) is 0 Å². The fraction of sp³-hybridized carbons (Fsp3) is 0.667. The van der Waals surface area contributed by atoms with Gasteiger partial charge >= 0.3 is 0 Å². The second-order valence-electron chi connectivity index (χ2n) is 3.26. The summed E-state index contributed by atoms with van der Waals surface area (Å²) in [7, 11) is 2.09. The number of nitrogens with zero attached hydrogens (tertiary/aromatic N) is 1. The third-order valence-electron chi connectivity index (χ3n) is 2.35. The Labute approximate surface area is 79.0 Å². The lowest BCUT2D eigenvalue weighted by atomic mass is 9.92. The molecule has 1 rings (SSSR count). The quantitative estimate of drug-likeness (QED) is 0.529. The zero-order valence-electron chi connectivity index (χ0n) is 7.36. The Morgan fingerprint density at radius 2 is 2.33 bits per heavy atom. The van der Waals surface area contributed by atoms with Crippen molar-refractivity contribution in [1.29, 1.82) is 0 Å².